The fourth-order valence-corrected chi connectivity index (χ4v) is 4.44. The fourth-order valence-electron chi connectivity index (χ4n) is 4.44. The third kappa shape index (κ3) is 7.71. The molecule has 6 nitrogen and oxygen atoms in total. The molecule has 1 fully saturated rings. The van der Waals surface area contributed by atoms with Crippen LogP contribution in [0.3, 0.4) is 0 Å². The lowest BCUT2D eigenvalue weighted by molar-refractivity contribution is -0.137. The second-order valence-corrected chi connectivity index (χ2v) is 9.74. The van der Waals surface area contributed by atoms with E-state index in [9.17, 15) is 27.9 Å². The summed E-state index contributed by atoms with van der Waals surface area (Å²) in [6, 6.07) is 5.20. The van der Waals surface area contributed by atoms with Crippen molar-refractivity contribution in [3.63, 3.8) is 0 Å². The van der Waals surface area contributed by atoms with Crippen LogP contribution in [0.2, 0.25) is 0 Å². The fraction of sp³-hybridized carbons (Fsp3) is 0.481. The Morgan fingerprint density at radius 3 is 2.42 bits per heavy atom. The maximum atomic E-state index is 12.8. The van der Waals surface area contributed by atoms with Gasteiger partial charge in [0.1, 0.15) is 0 Å². The molecule has 196 valence electrons. The van der Waals surface area contributed by atoms with Gasteiger partial charge in [0.25, 0.3) is 0 Å². The summed E-state index contributed by atoms with van der Waals surface area (Å²) >= 11 is 0. The largest absolute Gasteiger partial charge is 0.417 e. The van der Waals surface area contributed by atoms with Crippen LogP contribution in [0.15, 0.2) is 50.8 Å². The molecule has 3 rings (SSSR count). The number of aryl methyl sites for hydroxylation is 1. The third-order valence-electron chi connectivity index (χ3n) is 6.72. The quantitative estimate of drug-likeness (QED) is 0.403. The lowest BCUT2D eigenvalue weighted by Gasteiger charge is -2.35. The van der Waals surface area contributed by atoms with Crippen LogP contribution in [0.4, 0.5) is 13.2 Å². The Kier molecular flexibility index (Phi) is 8.66. The Morgan fingerprint density at radius 1 is 1.25 bits per heavy atom. The van der Waals surface area contributed by atoms with Gasteiger partial charge in [-0.15, -0.1) is 0 Å². The molecular weight excluding hydrogens is 473 g/mol. The van der Waals surface area contributed by atoms with Crippen LogP contribution in [-0.4, -0.2) is 21.6 Å². The van der Waals surface area contributed by atoms with Gasteiger partial charge in [0, 0.05) is 11.8 Å². The van der Waals surface area contributed by atoms with Crippen molar-refractivity contribution < 1.29 is 27.5 Å². The average molecular weight is 507 g/mol. The molecule has 1 aromatic carbocycles. The molecule has 1 heterocycles. The number of rotatable bonds is 8. The Balaban J connectivity index is 1.59. The van der Waals surface area contributed by atoms with Gasteiger partial charge in [0.15, 0.2) is 5.76 Å². The number of carbonyl (C=O) groups excluding carboxylic acids is 1. The van der Waals surface area contributed by atoms with Gasteiger partial charge in [0.2, 0.25) is 5.91 Å². The van der Waals surface area contributed by atoms with Gasteiger partial charge in [-0.2, -0.15) is 13.2 Å². The van der Waals surface area contributed by atoms with E-state index in [-0.39, 0.29) is 18.2 Å². The van der Waals surface area contributed by atoms with Crippen molar-refractivity contribution in [2.75, 3.05) is 0 Å². The summed E-state index contributed by atoms with van der Waals surface area (Å²) in [6.07, 6.45) is 2.57. The van der Waals surface area contributed by atoms with Crippen LogP contribution in [0, 0.1) is 12.8 Å². The topological polar surface area (TPSA) is 95.3 Å². The molecule has 2 aromatic rings. The molecule has 0 atom stereocenters. The van der Waals surface area contributed by atoms with Gasteiger partial charge in [-0.25, -0.2) is 4.79 Å². The van der Waals surface area contributed by atoms with E-state index in [2.05, 4.69) is 10.3 Å². The maximum Gasteiger partial charge on any atom is 0.417 e. The van der Waals surface area contributed by atoms with Crippen molar-refractivity contribution in [1.82, 2.24) is 10.3 Å². The lowest BCUT2D eigenvalue weighted by atomic mass is 9.75. The number of aromatic nitrogens is 1. The Labute approximate surface area is 208 Å². The number of H-pyrrole nitrogens is 1. The number of benzene rings is 1. The molecule has 1 amide bonds. The van der Waals surface area contributed by atoms with Crippen LogP contribution >= 0.6 is 0 Å². The summed E-state index contributed by atoms with van der Waals surface area (Å²) in [5.74, 6) is -0.378. The standard InChI is InChI=1S/C27H33F3N2O4/c1-4-17(2)13-22(15-23-18(3)31-25(34)36-23)32-24(33)16-26(35)11-9-20(10-12-26)14-19-5-7-21(8-6-19)27(28,29)30/h5-8,13,15,20,35H,4,9-12,14,16H2,1-3H3,(H,31,34)(H,32,33)/b17-13+,22-15+. The number of hydrogen-bond donors (Lipinski definition) is 3. The first-order chi connectivity index (χ1) is 16.9. The predicted octanol–water partition coefficient (Wildman–Crippen LogP) is 5.66. The predicted molar refractivity (Wildman–Crippen MR) is 131 cm³/mol. The van der Waals surface area contributed by atoms with E-state index < -0.39 is 23.1 Å². The Bertz CT molecular complexity index is 1160. The van der Waals surface area contributed by atoms with Crippen LogP contribution < -0.4 is 11.1 Å². The number of alkyl halides is 3. The van der Waals surface area contributed by atoms with Gasteiger partial charge in [-0.1, -0.05) is 24.6 Å². The average Bonchev–Trinajstić information content (AvgIpc) is 3.11. The molecule has 9 heteroatoms. The molecule has 3 N–H and O–H groups in total. The van der Waals surface area contributed by atoms with Crippen molar-refractivity contribution in [2.45, 2.75) is 77.5 Å². The Hall–Kier alpha value is -3.07. The first kappa shape index (κ1) is 27.5. The molecule has 0 bridgehead atoms. The summed E-state index contributed by atoms with van der Waals surface area (Å²) < 4.78 is 43.4. The van der Waals surface area contributed by atoms with Gasteiger partial charge in [-0.3, -0.25) is 9.78 Å². The zero-order valence-electron chi connectivity index (χ0n) is 20.8. The lowest BCUT2D eigenvalue weighted by Crippen LogP contribution is -2.39. The molecule has 1 aliphatic rings. The highest BCUT2D eigenvalue weighted by molar-refractivity contribution is 5.80. The summed E-state index contributed by atoms with van der Waals surface area (Å²) in [6.45, 7) is 5.60. The van der Waals surface area contributed by atoms with E-state index in [0.29, 0.717) is 49.3 Å². The number of carbonyl (C=O) groups is 1. The molecule has 1 aromatic heterocycles. The SMILES string of the molecule is CC/C(C)=C/C(=C\c1oc(=O)[nH]c1C)NC(=O)CC1(O)CCC(Cc2ccc(C(F)(F)F)cc2)CC1. The molecule has 0 unspecified atom stereocenters. The van der Waals surface area contributed by atoms with Crippen LogP contribution in [0.5, 0.6) is 0 Å². The minimum Gasteiger partial charge on any atom is -0.408 e. The van der Waals surface area contributed by atoms with E-state index in [4.69, 9.17) is 4.42 Å². The number of hydrogen-bond acceptors (Lipinski definition) is 4. The molecule has 36 heavy (non-hydrogen) atoms. The number of nitrogens with one attached hydrogen (secondary N) is 2. The zero-order chi connectivity index (χ0) is 26.5. The van der Waals surface area contributed by atoms with Crippen LogP contribution in [0.1, 0.15) is 75.0 Å². The van der Waals surface area contributed by atoms with Gasteiger partial charge in [0.05, 0.1) is 23.3 Å². The molecule has 0 aliphatic heterocycles. The van der Waals surface area contributed by atoms with E-state index in [0.717, 1.165) is 29.7 Å². The number of allylic oxidation sites excluding steroid dienone is 2. The van der Waals surface area contributed by atoms with Gasteiger partial charge >= 0.3 is 11.9 Å². The van der Waals surface area contributed by atoms with Crippen molar-refractivity contribution in [2.24, 2.45) is 5.92 Å². The zero-order valence-corrected chi connectivity index (χ0v) is 20.8. The minimum atomic E-state index is -4.35. The maximum absolute atomic E-state index is 12.8. The number of aromatic amines is 1. The van der Waals surface area contributed by atoms with E-state index >= 15 is 0 Å². The van der Waals surface area contributed by atoms with Crippen molar-refractivity contribution in [1.29, 1.82) is 0 Å². The van der Waals surface area contributed by atoms with E-state index in [1.807, 2.05) is 13.8 Å². The molecule has 1 aliphatic carbocycles. The molecule has 0 radical (unpaired) electrons. The smallest absolute Gasteiger partial charge is 0.408 e. The second-order valence-electron chi connectivity index (χ2n) is 9.74. The summed E-state index contributed by atoms with van der Waals surface area (Å²) in [5, 5.41) is 13.9. The highest BCUT2D eigenvalue weighted by Gasteiger charge is 2.35. The summed E-state index contributed by atoms with van der Waals surface area (Å²) in [5.41, 5.74) is 1.03. The van der Waals surface area contributed by atoms with Gasteiger partial charge < -0.3 is 14.8 Å². The third-order valence-corrected chi connectivity index (χ3v) is 6.72. The van der Waals surface area contributed by atoms with E-state index in [1.54, 1.807) is 19.1 Å². The number of oxazole rings is 1. The van der Waals surface area contributed by atoms with E-state index in [1.165, 1.54) is 12.1 Å². The normalized spacial score (nSPS) is 21.5. The van der Waals surface area contributed by atoms with Crippen molar-refractivity contribution in [3.8, 4) is 0 Å². The first-order valence-corrected chi connectivity index (χ1v) is 12.1. The summed E-state index contributed by atoms with van der Waals surface area (Å²) in [7, 11) is 0. The molecule has 0 spiro atoms. The second kappa shape index (κ2) is 11.3. The molecule has 1 saturated carbocycles. The van der Waals surface area contributed by atoms with Crippen LogP contribution in [-0.2, 0) is 17.4 Å². The highest BCUT2D eigenvalue weighted by Crippen LogP contribution is 2.36. The number of amides is 1. The molecular formula is C27H33F3N2O4. The first-order valence-electron chi connectivity index (χ1n) is 12.1. The van der Waals surface area contributed by atoms with Gasteiger partial charge in [-0.05, 0) is 82.1 Å². The number of aliphatic hydroxyl groups is 1. The molecule has 0 saturated heterocycles. The number of halogens is 3. The van der Waals surface area contributed by atoms with Crippen LogP contribution in [0.25, 0.3) is 6.08 Å². The van der Waals surface area contributed by atoms with Crippen molar-refractivity contribution in [3.05, 3.63) is 74.7 Å². The Morgan fingerprint density at radius 2 is 1.89 bits per heavy atom. The highest BCUT2D eigenvalue weighted by atomic mass is 19.4. The van der Waals surface area contributed by atoms with Crippen molar-refractivity contribution >= 4 is 12.0 Å². The minimum absolute atomic E-state index is 0.0770. The monoisotopic (exact) mass is 506 g/mol. The summed E-state index contributed by atoms with van der Waals surface area (Å²) in [4.78, 5) is 26.8.